The van der Waals surface area contributed by atoms with Crippen LogP contribution >= 0.6 is 47.0 Å². The van der Waals surface area contributed by atoms with Gasteiger partial charge in [-0.3, -0.25) is 0 Å². The van der Waals surface area contributed by atoms with Gasteiger partial charge in [0, 0.05) is 0 Å². The van der Waals surface area contributed by atoms with E-state index < -0.39 is 20.2 Å². The van der Waals surface area contributed by atoms with Gasteiger partial charge in [-0.15, -0.1) is 0 Å². The Kier molecular flexibility index (Phi) is 6.27. The Morgan fingerprint density at radius 1 is 0.538 bits per heavy atom. The van der Waals surface area contributed by atoms with Crippen molar-refractivity contribution < 1.29 is 0 Å². The minimum absolute atomic E-state index is 1.45. The molecule has 0 N–H and O–H groups in total. The molecule has 0 aliphatic carbocycles. The van der Waals surface area contributed by atoms with Crippen molar-refractivity contribution in [1.29, 1.82) is 0 Å². The van der Waals surface area contributed by atoms with E-state index in [-0.39, 0.29) is 0 Å². The SMILES string of the molecule is CC1=C(C)SC(=C2SC(C)=[C]([Sb]([c]3ccccc3)[c]3ccccc3)S2)S1. The van der Waals surface area contributed by atoms with Gasteiger partial charge in [0.25, 0.3) is 0 Å². The molecule has 26 heavy (non-hydrogen) atoms. The number of allylic oxidation sites excluding steroid dienone is 3. The van der Waals surface area contributed by atoms with E-state index in [9.17, 15) is 0 Å². The predicted molar refractivity (Wildman–Crippen MR) is 126 cm³/mol. The first-order valence-electron chi connectivity index (χ1n) is 8.38. The Morgan fingerprint density at radius 2 is 0.962 bits per heavy atom. The summed E-state index contributed by atoms with van der Waals surface area (Å²) >= 11 is 5.98. The van der Waals surface area contributed by atoms with E-state index in [4.69, 9.17) is 0 Å². The summed E-state index contributed by atoms with van der Waals surface area (Å²) < 4.78 is 7.72. The topological polar surface area (TPSA) is 0 Å². The summed E-state index contributed by atoms with van der Waals surface area (Å²) in [7, 11) is 0. The van der Waals surface area contributed by atoms with Crippen LogP contribution in [-0.4, -0.2) is 20.2 Å². The van der Waals surface area contributed by atoms with Crippen molar-refractivity contribution in [3.63, 3.8) is 0 Å². The Hall–Kier alpha value is -0.122. The second-order valence-electron chi connectivity index (χ2n) is 5.96. The number of hydrogen-bond acceptors (Lipinski definition) is 4. The molecule has 0 nitrogen and oxygen atoms in total. The Labute approximate surface area is 180 Å². The third kappa shape index (κ3) is 4.00. The van der Waals surface area contributed by atoms with Crippen LogP contribution in [0.15, 0.2) is 86.7 Å². The Bertz CT molecular complexity index is 858. The molecular weight excluding hydrogens is 502 g/mol. The fraction of sp³-hybridized carbons (Fsp3) is 0.143. The maximum atomic E-state index is 2.33. The molecule has 0 aromatic heterocycles. The van der Waals surface area contributed by atoms with Gasteiger partial charge in [0.05, 0.1) is 0 Å². The Morgan fingerprint density at radius 3 is 1.46 bits per heavy atom. The molecule has 2 heterocycles. The van der Waals surface area contributed by atoms with E-state index in [1.807, 2.05) is 35.3 Å². The van der Waals surface area contributed by atoms with Gasteiger partial charge in [0.15, 0.2) is 0 Å². The molecule has 132 valence electrons. The number of rotatable bonds is 3. The van der Waals surface area contributed by atoms with E-state index in [1.165, 1.54) is 23.2 Å². The van der Waals surface area contributed by atoms with Crippen molar-refractivity contribution in [2.45, 2.75) is 20.8 Å². The molecule has 2 aliphatic rings. The summed E-state index contributed by atoms with van der Waals surface area (Å²) in [5.41, 5.74) is 0. The number of benzene rings is 2. The normalized spacial score (nSPS) is 17.8. The summed E-state index contributed by atoms with van der Waals surface area (Å²) in [6, 6.07) is 22.4. The fourth-order valence-electron chi connectivity index (χ4n) is 2.71. The average Bonchev–Trinajstić information content (AvgIpc) is 3.20. The molecule has 0 saturated carbocycles. The minimum atomic E-state index is -1.97. The molecular formula is C21H19S4Sb. The van der Waals surface area contributed by atoms with E-state index in [0.29, 0.717) is 0 Å². The average molecular weight is 521 g/mol. The van der Waals surface area contributed by atoms with E-state index in [2.05, 4.69) is 93.2 Å². The van der Waals surface area contributed by atoms with Crippen molar-refractivity contribution in [2.75, 3.05) is 0 Å². The van der Waals surface area contributed by atoms with Crippen molar-refractivity contribution in [1.82, 2.24) is 0 Å². The van der Waals surface area contributed by atoms with Gasteiger partial charge in [-0.1, -0.05) is 0 Å². The first-order valence-corrected chi connectivity index (χ1v) is 15.5. The van der Waals surface area contributed by atoms with Crippen molar-refractivity contribution in [3.8, 4) is 0 Å². The van der Waals surface area contributed by atoms with Crippen molar-refractivity contribution >= 4 is 74.3 Å². The van der Waals surface area contributed by atoms with Crippen LogP contribution in [0.2, 0.25) is 0 Å². The number of thioether (sulfide) groups is 4. The number of hydrogen-bond donors (Lipinski definition) is 0. The van der Waals surface area contributed by atoms with Gasteiger partial charge < -0.3 is 0 Å². The molecule has 0 spiro atoms. The van der Waals surface area contributed by atoms with Crippen LogP contribution in [-0.2, 0) is 0 Å². The molecule has 0 atom stereocenters. The second kappa shape index (κ2) is 8.49. The molecule has 0 radical (unpaired) electrons. The van der Waals surface area contributed by atoms with Gasteiger partial charge in [0.2, 0.25) is 0 Å². The quantitative estimate of drug-likeness (QED) is 0.429. The molecule has 0 amide bonds. The van der Waals surface area contributed by atoms with Gasteiger partial charge >= 0.3 is 182 Å². The standard InChI is InChI=1S/C9H9S4.2C6H5.Sb/c1-5-4-10-8(11-5)9-12-6(2)7(3)13-9;2*1-2-4-6-5-3-1;/h1-3H3;2*1-5H;. The van der Waals surface area contributed by atoms with E-state index in [0.717, 1.165) is 0 Å². The zero-order valence-corrected chi connectivity index (χ0v) is 20.7. The molecule has 0 saturated heterocycles. The summed E-state index contributed by atoms with van der Waals surface area (Å²) in [6.07, 6.45) is 0. The van der Waals surface area contributed by atoms with Crippen LogP contribution in [0.3, 0.4) is 0 Å². The summed E-state index contributed by atoms with van der Waals surface area (Å²) in [6.45, 7) is 6.79. The van der Waals surface area contributed by atoms with Gasteiger partial charge in [0.1, 0.15) is 0 Å². The summed E-state index contributed by atoms with van der Waals surface area (Å²) in [5.74, 6) is 0. The molecule has 2 aromatic rings. The molecule has 5 heteroatoms. The predicted octanol–water partition coefficient (Wildman–Crippen LogP) is 6.40. The third-order valence-electron chi connectivity index (χ3n) is 4.12. The van der Waals surface area contributed by atoms with Gasteiger partial charge in [-0.2, -0.15) is 0 Å². The monoisotopic (exact) mass is 520 g/mol. The van der Waals surface area contributed by atoms with Gasteiger partial charge in [-0.05, 0) is 0 Å². The first kappa shape index (κ1) is 19.2. The second-order valence-corrected chi connectivity index (χ2v) is 18.2. The van der Waals surface area contributed by atoms with Crippen molar-refractivity contribution in [2.24, 2.45) is 0 Å². The van der Waals surface area contributed by atoms with E-state index in [1.54, 1.807) is 9.87 Å². The van der Waals surface area contributed by atoms with Crippen LogP contribution in [0, 0.1) is 0 Å². The third-order valence-corrected chi connectivity index (χ3v) is 18.9. The molecule has 4 rings (SSSR count). The molecule has 0 unspecified atom stereocenters. The molecule has 0 bridgehead atoms. The zero-order chi connectivity index (χ0) is 18.1. The zero-order valence-electron chi connectivity index (χ0n) is 14.9. The van der Waals surface area contributed by atoms with Crippen LogP contribution in [0.5, 0.6) is 0 Å². The van der Waals surface area contributed by atoms with Crippen LogP contribution in [0.25, 0.3) is 0 Å². The molecule has 2 aromatic carbocycles. The summed E-state index contributed by atoms with van der Waals surface area (Å²) in [4.78, 5) is 4.42. The van der Waals surface area contributed by atoms with Crippen molar-refractivity contribution in [3.05, 3.63) is 86.7 Å². The van der Waals surface area contributed by atoms with Crippen LogP contribution < -0.4 is 7.02 Å². The van der Waals surface area contributed by atoms with Crippen LogP contribution in [0.4, 0.5) is 0 Å². The fourth-order valence-corrected chi connectivity index (χ4v) is 18.2. The van der Waals surface area contributed by atoms with E-state index >= 15 is 0 Å². The molecule has 0 fully saturated rings. The maximum absolute atomic E-state index is 2.33. The summed E-state index contributed by atoms with van der Waals surface area (Å²) in [5, 5.41) is 0. The molecule has 2 aliphatic heterocycles. The Balaban J connectivity index is 1.71. The first-order chi connectivity index (χ1) is 12.6. The van der Waals surface area contributed by atoms with Crippen LogP contribution in [0.1, 0.15) is 20.8 Å². The van der Waals surface area contributed by atoms with Gasteiger partial charge in [-0.25, -0.2) is 0 Å².